The number of carbonyl (C=O) groups excluding carboxylic acids is 2. The normalized spacial score (nSPS) is 21.5. The van der Waals surface area contributed by atoms with E-state index in [1.807, 2.05) is 0 Å². The highest BCUT2D eigenvalue weighted by molar-refractivity contribution is 5.80. The first kappa shape index (κ1) is 17.3. The van der Waals surface area contributed by atoms with Crippen LogP contribution in [0.5, 0.6) is 0 Å². The molecule has 8 nitrogen and oxygen atoms in total. The number of nitrogens with zero attached hydrogens (tertiary/aromatic N) is 4. The zero-order valence-electron chi connectivity index (χ0n) is 14.2. The Kier molecular flexibility index (Phi) is 5.57. The molecule has 0 aliphatic carbocycles. The number of aromatic amines is 1. The van der Waals surface area contributed by atoms with Crippen LogP contribution in [-0.4, -0.2) is 46.5 Å². The fraction of sp³-hybridized carbons (Fsp3) is 0.588. The quantitative estimate of drug-likeness (QED) is 0.792. The van der Waals surface area contributed by atoms with Crippen molar-refractivity contribution in [3.05, 3.63) is 34.2 Å². The Hall–Kier alpha value is -2.51. The van der Waals surface area contributed by atoms with E-state index in [9.17, 15) is 14.4 Å². The zero-order valence-corrected chi connectivity index (χ0v) is 14.2. The molecule has 1 atom stereocenters. The van der Waals surface area contributed by atoms with Crippen molar-refractivity contribution in [2.45, 2.75) is 44.6 Å². The van der Waals surface area contributed by atoms with E-state index in [4.69, 9.17) is 0 Å². The Bertz CT molecular complexity index is 708. The van der Waals surface area contributed by atoms with E-state index in [-0.39, 0.29) is 11.6 Å². The van der Waals surface area contributed by atoms with Gasteiger partial charge in [0.05, 0.1) is 6.04 Å². The standard InChI is InChI=1S/C17H23N5O3/c23-15-13(7-6-9-18-15)14-8-2-5-12-22(14)17(25)20-19-16(24)21-10-3-1-4-11-21/h6-7,9,14H,1-5,8,10-12H2,(H,18,23). The third kappa shape index (κ3) is 4.12. The molecule has 134 valence electrons. The molecule has 0 saturated carbocycles. The van der Waals surface area contributed by atoms with Crippen LogP contribution in [-0.2, 0) is 0 Å². The molecule has 1 unspecified atom stereocenters. The third-order valence-corrected chi connectivity index (χ3v) is 4.80. The summed E-state index contributed by atoms with van der Waals surface area (Å²) in [5.41, 5.74) is 0.349. The van der Waals surface area contributed by atoms with Gasteiger partial charge in [0.2, 0.25) is 0 Å². The van der Waals surface area contributed by atoms with Crippen LogP contribution in [0.25, 0.3) is 0 Å². The molecule has 8 heteroatoms. The molecule has 2 aliphatic rings. The van der Waals surface area contributed by atoms with Gasteiger partial charge in [0.25, 0.3) is 5.56 Å². The lowest BCUT2D eigenvalue weighted by molar-refractivity contribution is 0.157. The van der Waals surface area contributed by atoms with Gasteiger partial charge in [-0.3, -0.25) is 4.79 Å². The average Bonchev–Trinajstić information content (AvgIpc) is 2.67. The number of pyridine rings is 1. The van der Waals surface area contributed by atoms with Crippen molar-refractivity contribution in [3.63, 3.8) is 0 Å². The Morgan fingerprint density at radius 3 is 2.48 bits per heavy atom. The summed E-state index contributed by atoms with van der Waals surface area (Å²) in [6.07, 6.45) is 7.09. The predicted octanol–water partition coefficient (Wildman–Crippen LogP) is 3.08. The van der Waals surface area contributed by atoms with Gasteiger partial charge in [-0.1, -0.05) is 10.2 Å². The van der Waals surface area contributed by atoms with Gasteiger partial charge in [0, 0.05) is 31.4 Å². The number of rotatable bonds is 1. The lowest BCUT2D eigenvalue weighted by Crippen LogP contribution is -2.39. The molecule has 4 amide bonds. The highest BCUT2D eigenvalue weighted by Gasteiger charge is 2.30. The smallest absolute Gasteiger partial charge is 0.329 e. The van der Waals surface area contributed by atoms with E-state index >= 15 is 0 Å². The van der Waals surface area contributed by atoms with Crippen LogP contribution in [0.4, 0.5) is 9.59 Å². The number of likely N-dealkylation sites (tertiary alicyclic amines) is 2. The number of hydrogen-bond acceptors (Lipinski definition) is 3. The Morgan fingerprint density at radius 1 is 1.00 bits per heavy atom. The van der Waals surface area contributed by atoms with Crippen LogP contribution in [0.2, 0.25) is 0 Å². The Balaban J connectivity index is 1.70. The summed E-state index contributed by atoms with van der Waals surface area (Å²) in [7, 11) is 0. The largest absolute Gasteiger partial charge is 0.362 e. The van der Waals surface area contributed by atoms with Gasteiger partial charge in [-0.2, -0.15) is 0 Å². The monoisotopic (exact) mass is 345 g/mol. The lowest BCUT2D eigenvalue weighted by Gasteiger charge is -2.33. The summed E-state index contributed by atoms with van der Waals surface area (Å²) < 4.78 is 0. The molecule has 1 aromatic rings. The number of amides is 4. The summed E-state index contributed by atoms with van der Waals surface area (Å²) >= 11 is 0. The van der Waals surface area contributed by atoms with Crippen LogP contribution in [0.3, 0.4) is 0 Å². The second-order valence-corrected chi connectivity index (χ2v) is 6.47. The fourth-order valence-electron chi connectivity index (χ4n) is 3.47. The maximum atomic E-state index is 12.5. The molecule has 0 aromatic carbocycles. The number of nitrogens with one attached hydrogen (secondary N) is 1. The van der Waals surface area contributed by atoms with Crippen LogP contribution in [0.15, 0.2) is 33.4 Å². The van der Waals surface area contributed by atoms with E-state index in [1.54, 1.807) is 28.1 Å². The summed E-state index contributed by atoms with van der Waals surface area (Å²) in [6.45, 7) is 1.84. The number of aromatic nitrogens is 1. The SMILES string of the molecule is O=C(N=NC(=O)N1CCCCC1c1ccc[nH]c1=O)N1CCCCC1. The van der Waals surface area contributed by atoms with Crippen molar-refractivity contribution in [2.24, 2.45) is 10.2 Å². The van der Waals surface area contributed by atoms with Crippen molar-refractivity contribution < 1.29 is 9.59 Å². The highest BCUT2D eigenvalue weighted by atomic mass is 16.2. The summed E-state index contributed by atoms with van der Waals surface area (Å²) in [5, 5.41) is 7.25. The first-order valence-corrected chi connectivity index (χ1v) is 8.85. The minimum atomic E-state index is -0.557. The number of piperidine rings is 2. The molecule has 3 heterocycles. The van der Waals surface area contributed by atoms with Crippen LogP contribution < -0.4 is 5.56 Å². The van der Waals surface area contributed by atoms with E-state index in [1.165, 1.54) is 0 Å². The van der Waals surface area contributed by atoms with Crippen LogP contribution >= 0.6 is 0 Å². The van der Waals surface area contributed by atoms with Crippen LogP contribution in [0, 0.1) is 0 Å². The molecular formula is C17H23N5O3. The molecule has 0 bridgehead atoms. The number of urea groups is 2. The minimum Gasteiger partial charge on any atom is -0.329 e. The number of azo groups is 1. The highest BCUT2D eigenvalue weighted by Crippen LogP contribution is 2.29. The fourth-order valence-corrected chi connectivity index (χ4v) is 3.47. The molecule has 1 N–H and O–H groups in total. The van der Waals surface area contributed by atoms with Gasteiger partial charge < -0.3 is 14.8 Å². The molecule has 1 aromatic heterocycles. The summed E-state index contributed by atoms with van der Waals surface area (Å²) in [4.78, 5) is 42.3. The van der Waals surface area contributed by atoms with Crippen molar-refractivity contribution in [3.8, 4) is 0 Å². The Labute approximate surface area is 145 Å². The molecule has 0 radical (unpaired) electrons. The number of H-pyrrole nitrogens is 1. The van der Waals surface area contributed by atoms with Crippen molar-refractivity contribution in [2.75, 3.05) is 19.6 Å². The Morgan fingerprint density at radius 2 is 1.72 bits per heavy atom. The molecule has 0 spiro atoms. The second-order valence-electron chi connectivity index (χ2n) is 6.47. The summed E-state index contributed by atoms with van der Waals surface area (Å²) in [6, 6.07) is 2.13. The molecule has 3 rings (SSSR count). The van der Waals surface area contributed by atoms with E-state index < -0.39 is 12.1 Å². The van der Waals surface area contributed by atoms with Gasteiger partial charge in [-0.25, -0.2) is 9.59 Å². The van der Waals surface area contributed by atoms with Gasteiger partial charge in [0.15, 0.2) is 0 Å². The van der Waals surface area contributed by atoms with Crippen molar-refractivity contribution in [1.29, 1.82) is 0 Å². The second kappa shape index (κ2) is 8.04. The number of carbonyl (C=O) groups is 2. The lowest BCUT2D eigenvalue weighted by atomic mass is 9.96. The van der Waals surface area contributed by atoms with E-state index in [2.05, 4.69) is 15.2 Å². The minimum absolute atomic E-state index is 0.200. The predicted molar refractivity (Wildman–Crippen MR) is 91.4 cm³/mol. The molecular weight excluding hydrogens is 322 g/mol. The molecule has 2 aliphatic heterocycles. The van der Waals surface area contributed by atoms with Crippen molar-refractivity contribution in [1.82, 2.24) is 14.8 Å². The zero-order chi connectivity index (χ0) is 17.6. The van der Waals surface area contributed by atoms with Crippen LogP contribution in [0.1, 0.15) is 50.1 Å². The first-order valence-electron chi connectivity index (χ1n) is 8.85. The number of hydrogen-bond donors (Lipinski definition) is 1. The van der Waals surface area contributed by atoms with Gasteiger partial charge in [0.1, 0.15) is 0 Å². The van der Waals surface area contributed by atoms with Crippen molar-refractivity contribution >= 4 is 12.1 Å². The van der Waals surface area contributed by atoms with E-state index in [0.29, 0.717) is 31.6 Å². The maximum Gasteiger partial charge on any atom is 0.362 e. The van der Waals surface area contributed by atoms with E-state index in [0.717, 1.165) is 32.1 Å². The first-order chi connectivity index (χ1) is 12.2. The maximum absolute atomic E-state index is 12.5. The molecule has 25 heavy (non-hydrogen) atoms. The third-order valence-electron chi connectivity index (χ3n) is 4.80. The van der Waals surface area contributed by atoms with Gasteiger partial charge in [-0.15, -0.1) is 0 Å². The average molecular weight is 345 g/mol. The van der Waals surface area contributed by atoms with Gasteiger partial charge in [-0.05, 0) is 50.7 Å². The topological polar surface area (TPSA) is 98.2 Å². The molecule has 2 saturated heterocycles. The van der Waals surface area contributed by atoms with Gasteiger partial charge >= 0.3 is 12.1 Å². The summed E-state index contributed by atoms with van der Waals surface area (Å²) in [5.74, 6) is 0. The molecule has 2 fully saturated rings.